The number of nitrogens with two attached hydrogens (primary N) is 1. The van der Waals surface area contributed by atoms with Crippen LogP contribution in [0.15, 0.2) is 30.3 Å². The molecule has 1 amide bonds. The summed E-state index contributed by atoms with van der Waals surface area (Å²) < 4.78 is 0. The van der Waals surface area contributed by atoms with Gasteiger partial charge in [0.25, 0.3) is 0 Å². The van der Waals surface area contributed by atoms with Crippen molar-refractivity contribution in [2.24, 2.45) is 11.7 Å². The van der Waals surface area contributed by atoms with Gasteiger partial charge in [-0.25, -0.2) is 0 Å². The van der Waals surface area contributed by atoms with Gasteiger partial charge < -0.3 is 11.1 Å². The molecule has 1 saturated carbocycles. The lowest BCUT2D eigenvalue weighted by Crippen LogP contribution is -2.49. The van der Waals surface area contributed by atoms with Crippen molar-refractivity contribution in [2.45, 2.75) is 44.6 Å². The minimum atomic E-state index is -0.461. The van der Waals surface area contributed by atoms with Crippen LogP contribution in [-0.4, -0.2) is 12.5 Å². The molecule has 1 fully saturated rings. The Labute approximate surface area is 115 Å². The summed E-state index contributed by atoms with van der Waals surface area (Å²) in [6, 6.07) is 9.96. The van der Waals surface area contributed by atoms with Gasteiger partial charge in [0.2, 0.25) is 5.91 Å². The molecule has 1 unspecified atom stereocenters. The van der Waals surface area contributed by atoms with Crippen molar-refractivity contribution in [1.29, 1.82) is 0 Å². The van der Waals surface area contributed by atoms with Crippen LogP contribution in [0.25, 0.3) is 0 Å². The van der Waals surface area contributed by atoms with Gasteiger partial charge in [-0.2, -0.15) is 0 Å². The molecule has 1 aromatic rings. The Morgan fingerprint density at radius 1 is 1.32 bits per heavy atom. The molecule has 0 aromatic heterocycles. The number of hydrogen-bond donors (Lipinski definition) is 2. The third-order valence-corrected chi connectivity index (χ3v) is 4.18. The van der Waals surface area contributed by atoms with Gasteiger partial charge >= 0.3 is 0 Å². The number of nitrogens with one attached hydrogen (secondary N) is 1. The van der Waals surface area contributed by atoms with Gasteiger partial charge in [-0.3, -0.25) is 4.79 Å². The van der Waals surface area contributed by atoms with E-state index in [1.165, 1.54) is 25.7 Å². The van der Waals surface area contributed by atoms with E-state index >= 15 is 0 Å². The molecule has 0 aliphatic heterocycles. The second-order valence-corrected chi connectivity index (χ2v) is 5.81. The first-order chi connectivity index (χ1) is 9.14. The van der Waals surface area contributed by atoms with Crippen LogP contribution in [0.4, 0.5) is 0 Å². The van der Waals surface area contributed by atoms with E-state index in [-0.39, 0.29) is 5.91 Å². The van der Waals surface area contributed by atoms with Crippen LogP contribution in [0.2, 0.25) is 0 Å². The predicted octanol–water partition coefficient (Wildman–Crippen LogP) is 2.56. The smallest absolute Gasteiger partial charge is 0.221 e. The summed E-state index contributed by atoms with van der Waals surface area (Å²) in [6.07, 6.45) is 5.56. The highest BCUT2D eigenvalue weighted by molar-refractivity contribution is 5.77. The van der Waals surface area contributed by atoms with Gasteiger partial charge in [0.05, 0.1) is 5.54 Å². The molecule has 0 radical (unpaired) electrons. The van der Waals surface area contributed by atoms with E-state index in [1.807, 2.05) is 37.3 Å². The number of hydrogen-bond acceptors (Lipinski definition) is 2. The molecule has 2 rings (SSSR count). The van der Waals surface area contributed by atoms with Gasteiger partial charge in [-0.1, -0.05) is 43.2 Å². The topological polar surface area (TPSA) is 55.1 Å². The van der Waals surface area contributed by atoms with Crippen molar-refractivity contribution in [2.75, 3.05) is 6.54 Å². The van der Waals surface area contributed by atoms with Gasteiger partial charge in [-0.15, -0.1) is 0 Å². The molecular formula is C16H24N2O. The van der Waals surface area contributed by atoms with E-state index in [0.717, 1.165) is 5.56 Å². The Morgan fingerprint density at radius 3 is 2.53 bits per heavy atom. The standard InChI is InChI=1S/C16H24N2O/c1-16(12-17,14-9-3-2-4-10-14)18-15(19)11-13-7-5-6-8-13/h2-4,9-10,13H,5-8,11-12,17H2,1H3,(H,18,19). The van der Waals surface area contributed by atoms with Gasteiger partial charge in [0, 0.05) is 13.0 Å². The first-order valence-electron chi connectivity index (χ1n) is 7.20. The van der Waals surface area contributed by atoms with E-state index in [4.69, 9.17) is 5.73 Å². The maximum absolute atomic E-state index is 12.2. The molecular weight excluding hydrogens is 236 g/mol. The van der Waals surface area contributed by atoms with Crippen LogP contribution in [0.5, 0.6) is 0 Å². The molecule has 0 heterocycles. The number of carbonyl (C=O) groups excluding carboxylic acids is 1. The fourth-order valence-electron chi connectivity index (χ4n) is 2.88. The van der Waals surface area contributed by atoms with E-state index in [9.17, 15) is 4.79 Å². The first-order valence-corrected chi connectivity index (χ1v) is 7.20. The average Bonchev–Trinajstić information content (AvgIpc) is 2.92. The minimum absolute atomic E-state index is 0.128. The zero-order valence-electron chi connectivity index (χ0n) is 11.7. The number of rotatable bonds is 5. The summed E-state index contributed by atoms with van der Waals surface area (Å²) in [7, 11) is 0. The summed E-state index contributed by atoms with van der Waals surface area (Å²) >= 11 is 0. The number of carbonyl (C=O) groups is 1. The third-order valence-electron chi connectivity index (χ3n) is 4.18. The second-order valence-electron chi connectivity index (χ2n) is 5.81. The summed E-state index contributed by atoms with van der Waals surface area (Å²) in [5, 5.41) is 3.12. The molecule has 3 nitrogen and oxygen atoms in total. The second kappa shape index (κ2) is 6.20. The molecule has 0 bridgehead atoms. The Kier molecular flexibility index (Phi) is 4.59. The lowest BCUT2D eigenvalue weighted by Gasteiger charge is -2.30. The SMILES string of the molecule is CC(CN)(NC(=O)CC1CCCC1)c1ccccc1. The van der Waals surface area contributed by atoms with Gasteiger partial charge in [0.15, 0.2) is 0 Å². The third kappa shape index (κ3) is 3.57. The lowest BCUT2D eigenvalue weighted by atomic mass is 9.91. The first kappa shape index (κ1) is 14.1. The van der Waals surface area contributed by atoms with Crippen molar-refractivity contribution >= 4 is 5.91 Å². The highest BCUT2D eigenvalue weighted by Crippen LogP contribution is 2.28. The van der Waals surface area contributed by atoms with Gasteiger partial charge in [0.1, 0.15) is 0 Å². The molecule has 1 aliphatic carbocycles. The fraction of sp³-hybridized carbons (Fsp3) is 0.562. The maximum atomic E-state index is 12.2. The van der Waals surface area contributed by atoms with Crippen molar-refractivity contribution in [3.8, 4) is 0 Å². The fourth-order valence-corrected chi connectivity index (χ4v) is 2.88. The Hall–Kier alpha value is -1.35. The summed E-state index contributed by atoms with van der Waals surface area (Å²) in [4.78, 5) is 12.2. The van der Waals surface area contributed by atoms with Crippen LogP contribution in [0.3, 0.4) is 0 Å². The van der Waals surface area contributed by atoms with Crippen LogP contribution in [-0.2, 0) is 10.3 Å². The van der Waals surface area contributed by atoms with Crippen LogP contribution in [0.1, 0.15) is 44.6 Å². The van der Waals surface area contributed by atoms with E-state index in [0.29, 0.717) is 18.9 Å². The predicted molar refractivity (Wildman–Crippen MR) is 77.6 cm³/mol. The quantitative estimate of drug-likeness (QED) is 0.855. The zero-order chi connectivity index (χ0) is 13.7. The maximum Gasteiger partial charge on any atom is 0.221 e. The van der Waals surface area contributed by atoms with Crippen LogP contribution in [0, 0.1) is 5.92 Å². The van der Waals surface area contributed by atoms with Crippen LogP contribution >= 0.6 is 0 Å². The minimum Gasteiger partial charge on any atom is -0.346 e. The normalized spacial score (nSPS) is 19.1. The highest BCUT2D eigenvalue weighted by atomic mass is 16.1. The molecule has 0 saturated heterocycles. The molecule has 3 N–H and O–H groups in total. The molecule has 19 heavy (non-hydrogen) atoms. The Bertz CT molecular complexity index is 412. The van der Waals surface area contributed by atoms with E-state index in [2.05, 4.69) is 5.32 Å². The molecule has 1 aliphatic rings. The number of amides is 1. The monoisotopic (exact) mass is 260 g/mol. The van der Waals surface area contributed by atoms with Crippen molar-refractivity contribution < 1.29 is 4.79 Å². The molecule has 0 spiro atoms. The number of benzene rings is 1. The summed E-state index contributed by atoms with van der Waals surface area (Å²) in [6.45, 7) is 2.41. The van der Waals surface area contributed by atoms with Crippen molar-refractivity contribution in [1.82, 2.24) is 5.32 Å². The van der Waals surface area contributed by atoms with Crippen molar-refractivity contribution in [3.05, 3.63) is 35.9 Å². The molecule has 3 heteroatoms. The molecule has 1 atom stereocenters. The van der Waals surface area contributed by atoms with E-state index < -0.39 is 5.54 Å². The molecule has 104 valence electrons. The highest BCUT2D eigenvalue weighted by Gasteiger charge is 2.28. The largest absolute Gasteiger partial charge is 0.346 e. The van der Waals surface area contributed by atoms with Crippen LogP contribution < -0.4 is 11.1 Å². The Balaban J connectivity index is 1.99. The molecule has 1 aromatic carbocycles. The van der Waals surface area contributed by atoms with Gasteiger partial charge in [-0.05, 0) is 31.2 Å². The summed E-state index contributed by atoms with van der Waals surface area (Å²) in [5.41, 5.74) is 6.49. The van der Waals surface area contributed by atoms with E-state index in [1.54, 1.807) is 0 Å². The lowest BCUT2D eigenvalue weighted by molar-refractivity contribution is -0.123. The average molecular weight is 260 g/mol. The zero-order valence-corrected chi connectivity index (χ0v) is 11.7. The van der Waals surface area contributed by atoms with Crippen molar-refractivity contribution in [3.63, 3.8) is 0 Å². The Morgan fingerprint density at radius 2 is 1.95 bits per heavy atom. The summed E-state index contributed by atoms with van der Waals surface area (Å²) in [5.74, 6) is 0.696.